The quantitative estimate of drug-likeness (QED) is 0.373. The van der Waals surface area contributed by atoms with Gasteiger partial charge in [-0.05, 0) is 71.5 Å². The second kappa shape index (κ2) is 9.90. The highest BCUT2D eigenvalue weighted by molar-refractivity contribution is 5.36. The molecular weight excluding hydrogens is 375 g/mol. The molecule has 0 aliphatic rings. The van der Waals surface area contributed by atoms with E-state index in [4.69, 9.17) is 9.47 Å². The Hall–Kier alpha value is -2.65. The third-order valence-corrected chi connectivity index (χ3v) is 5.43. The van der Waals surface area contributed by atoms with Crippen LogP contribution in [0.2, 0.25) is 0 Å². The normalized spacial score (nSPS) is 11.5. The third-order valence-electron chi connectivity index (χ3n) is 5.43. The molecule has 3 heteroatoms. The molecular formula is C27H31FO2. The molecule has 30 heavy (non-hydrogen) atoms. The van der Waals surface area contributed by atoms with Crippen molar-refractivity contribution in [2.24, 2.45) is 0 Å². The van der Waals surface area contributed by atoms with Crippen LogP contribution < -0.4 is 4.74 Å². The Bertz CT molecular complexity index is 961. The molecule has 0 amide bonds. The van der Waals surface area contributed by atoms with E-state index in [1.165, 1.54) is 28.8 Å². The Balaban J connectivity index is 1.61. The third kappa shape index (κ3) is 5.70. The molecule has 0 aliphatic heterocycles. The molecule has 0 atom stereocenters. The summed E-state index contributed by atoms with van der Waals surface area (Å²) in [4.78, 5) is 0. The minimum atomic E-state index is -0.275. The van der Waals surface area contributed by atoms with Crippen LogP contribution >= 0.6 is 0 Å². The predicted octanol–water partition coefficient (Wildman–Crippen LogP) is 7.24. The van der Waals surface area contributed by atoms with Gasteiger partial charge < -0.3 is 9.47 Å². The molecule has 2 nitrogen and oxygen atoms in total. The van der Waals surface area contributed by atoms with Crippen LogP contribution in [0, 0.1) is 5.82 Å². The van der Waals surface area contributed by atoms with Crippen LogP contribution in [0.3, 0.4) is 0 Å². The van der Waals surface area contributed by atoms with E-state index in [0.717, 1.165) is 18.4 Å². The number of ether oxygens (including phenoxy) is 2. The van der Waals surface area contributed by atoms with Crippen molar-refractivity contribution in [1.82, 2.24) is 0 Å². The molecule has 3 aromatic carbocycles. The van der Waals surface area contributed by atoms with Crippen LogP contribution in [0.1, 0.15) is 49.9 Å². The first-order chi connectivity index (χ1) is 14.4. The first-order valence-corrected chi connectivity index (χ1v) is 10.6. The summed E-state index contributed by atoms with van der Waals surface area (Å²) in [5.41, 5.74) is 5.13. The highest BCUT2D eigenvalue weighted by Crippen LogP contribution is 2.27. The van der Waals surface area contributed by atoms with Crippen molar-refractivity contribution in [1.29, 1.82) is 0 Å². The van der Waals surface area contributed by atoms with Crippen LogP contribution in [0.5, 0.6) is 11.5 Å². The first kappa shape index (κ1) is 22.0. The van der Waals surface area contributed by atoms with E-state index < -0.39 is 0 Å². The Morgan fingerprint density at radius 1 is 0.800 bits per heavy atom. The molecule has 0 N–H and O–H groups in total. The van der Waals surface area contributed by atoms with Gasteiger partial charge in [-0.2, -0.15) is 0 Å². The minimum absolute atomic E-state index is 0.0710. The lowest BCUT2D eigenvalue weighted by Crippen LogP contribution is -2.24. The van der Waals surface area contributed by atoms with Gasteiger partial charge in [0, 0.05) is 5.41 Å². The van der Waals surface area contributed by atoms with Gasteiger partial charge in [0.15, 0.2) is 0 Å². The summed E-state index contributed by atoms with van der Waals surface area (Å²) < 4.78 is 25.0. The van der Waals surface area contributed by atoms with Gasteiger partial charge in [-0.25, -0.2) is 4.39 Å². The second-order valence-electron chi connectivity index (χ2n) is 8.27. The summed E-state index contributed by atoms with van der Waals surface area (Å²) in [7, 11) is 0. The van der Waals surface area contributed by atoms with Crippen molar-refractivity contribution in [3.05, 3.63) is 94.8 Å². The molecule has 0 fully saturated rings. The molecule has 0 bridgehead atoms. The van der Waals surface area contributed by atoms with Gasteiger partial charge in [-0.15, -0.1) is 0 Å². The lowest BCUT2D eigenvalue weighted by molar-refractivity contribution is 0.0824. The van der Waals surface area contributed by atoms with E-state index in [0.29, 0.717) is 24.7 Å². The van der Waals surface area contributed by atoms with E-state index in [2.05, 4.69) is 45.9 Å². The van der Waals surface area contributed by atoms with E-state index >= 15 is 0 Å². The van der Waals surface area contributed by atoms with Gasteiger partial charge in [0.2, 0.25) is 0 Å². The van der Waals surface area contributed by atoms with Crippen LogP contribution in [-0.2, 0) is 29.6 Å². The van der Waals surface area contributed by atoms with E-state index in [1.54, 1.807) is 12.1 Å². The number of benzene rings is 3. The zero-order valence-corrected chi connectivity index (χ0v) is 18.4. The zero-order valence-electron chi connectivity index (χ0n) is 18.4. The summed E-state index contributed by atoms with van der Waals surface area (Å²) in [6, 6.07) is 20.7. The first-order valence-electron chi connectivity index (χ1n) is 10.6. The molecule has 0 saturated heterocycles. The van der Waals surface area contributed by atoms with E-state index in [1.807, 2.05) is 24.3 Å². The maximum Gasteiger partial charge on any atom is 0.127 e. The average Bonchev–Trinajstić information content (AvgIpc) is 2.75. The summed E-state index contributed by atoms with van der Waals surface area (Å²) >= 11 is 0. The van der Waals surface area contributed by atoms with Crippen molar-refractivity contribution in [3.8, 4) is 11.5 Å². The molecule has 158 valence electrons. The van der Waals surface area contributed by atoms with E-state index in [9.17, 15) is 4.39 Å². The number of aryl methyl sites for hydroxylation is 2. The summed E-state index contributed by atoms with van der Waals surface area (Å²) in [6.07, 6.45) is 2.12. The molecule has 3 rings (SSSR count). The fraction of sp³-hybridized carbons (Fsp3) is 0.333. The summed E-state index contributed by atoms with van der Waals surface area (Å²) in [5, 5.41) is 0. The lowest BCUT2D eigenvalue weighted by atomic mass is 9.83. The van der Waals surface area contributed by atoms with Crippen molar-refractivity contribution in [2.45, 2.75) is 52.6 Å². The van der Waals surface area contributed by atoms with Crippen LogP contribution in [0.15, 0.2) is 66.7 Å². The number of hydrogen-bond donors (Lipinski definition) is 0. The minimum Gasteiger partial charge on any atom is -0.457 e. The molecule has 0 saturated carbocycles. The van der Waals surface area contributed by atoms with Gasteiger partial charge in [0.25, 0.3) is 0 Å². The van der Waals surface area contributed by atoms with Crippen LogP contribution in [0.25, 0.3) is 0 Å². The van der Waals surface area contributed by atoms with Crippen molar-refractivity contribution in [3.63, 3.8) is 0 Å². The lowest BCUT2D eigenvalue weighted by Gasteiger charge is -2.26. The van der Waals surface area contributed by atoms with Gasteiger partial charge in [-0.1, -0.05) is 58.0 Å². The molecule has 0 aromatic heterocycles. The van der Waals surface area contributed by atoms with Gasteiger partial charge in [0.05, 0.1) is 13.2 Å². The number of halogens is 1. The number of rotatable bonds is 9. The summed E-state index contributed by atoms with van der Waals surface area (Å²) in [5.74, 6) is 1.05. The molecule has 0 aliphatic carbocycles. The fourth-order valence-electron chi connectivity index (χ4n) is 3.57. The summed E-state index contributed by atoms with van der Waals surface area (Å²) in [6.45, 7) is 10.0. The van der Waals surface area contributed by atoms with Crippen LogP contribution in [0.4, 0.5) is 4.39 Å². The molecule has 0 unspecified atom stereocenters. The van der Waals surface area contributed by atoms with Crippen LogP contribution in [-0.4, -0.2) is 6.61 Å². The highest BCUT2D eigenvalue weighted by atomic mass is 19.1. The van der Waals surface area contributed by atoms with Crippen molar-refractivity contribution in [2.75, 3.05) is 6.61 Å². The Morgan fingerprint density at radius 2 is 1.53 bits per heavy atom. The van der Waals surface area contributed by atoms with Gasteiger partial charge in [-0.3, -0.25) is 0 Å². The average molecular weight is 407 g/mol. The topological polar surface area (TPSA) is 18.5 Å². The molecule has 0 spiro atoms. The Morgan fingerprint density at radius 3 is 2.23 bits per heavy atom. The Kier molecular flexibility index (Phi) is 7.28. The standard InChI is InChI=1S/C27H31FO2/c1-5-21-10-11-23(17-22(21)6-2)27(3,4)19-29-18-20-8-7-9-26(16-20)30-25-14-12-24(28)13-15-25/h7-17H,5-6,18-19H2,1-4H3. The van der Waals surface area contributed by atoms with E-state index in [-0.39, 0.29) is 11.2 Å². The number of hydrogen-bond acceptors (Lipinski definition) is 2. The molecule has 0 heterocycles. The van der Waals surface area contributed by atoms with Gasteiger partial charge >= 0.3 is 0 Å². The maximum absolute atomic E-state index is 13.1. The fourth-order valence-corrected chi connectivity index (χ4v) is 3.57. The SMILES string of the molecule is CCc1ccc(C(C)(C)COCc2cccc(Oc3ccc(F)cc3)c2)cc1CC. The van der Waals surface area contributed by atoms with Crippen molar-refractivity contribution < 1.29 is 13.9 Å². The predicted molar refractivity (Wildman–Crippen MR) is 121 cm³/mol. The largest absolute Gasteiger partial charge is 0.457 e. The van der Waals surface area contributed by atoms with Crippen molar-refractivity contribution >= 4 is 0 Å². The molecule has 0 radical (unpaired) electrons. The smallest absolute Gasteiger partial charge is 0.127 e. The second-order valence-corrected chi connectivity index (χ2v) is 8.27. The Labute approximate surface area is 179 Å². The molecule has 3 aromatic rings. The van der Waals surface area contributed by atoms with Gasteiger partial charge in [0.1, 0.15) is 17.3 Å². The maximum atomic E-state index is 13.1. The zero-order chi connectivity index (χ0) is 21.6. The monoisotopic (exact) mass is 406 g/mol. The highest BCUT2D eigenvalue weighted by Gasteiger charge is 2.22.